The van der Waals surface area contributed by atoms with Crippen LogP contribution in [0, 0.1) is 5.41 Å². The number of alkyl halides is 3. The van der Waals surface area contributed by atoms with Crippen LogP contribution in [0.1, 0.15) is 22.3 Å². The van der Waals surface area contributed by atoms with Gasteiger partial charge < -0.3 is 14.2 Å². The first-order chi connectivity index (χ1) is 20.8. The highest BCUT2D eigenvalue weighted by Gasteiger charge is 2.50. The first-order valence-corrected chi connectivity index (χ1v) is 14.2. The molecule has 1 aromatic heterocycles. The monoisotopic (exact) mass is 632 g/mol. The summed E-state index contributed by atoms with van der Waals surface area (Å²) in [4.78, 5) is 43.8. The lowest BCUT2D eigenvalue weighted by Crippen LogP contribution is -2.45. The Hall–Kier alpha value is -4.98. The maximum atomic E-state index is 13.5. The molecular formula is C30H27F3N2O8S. The number of ether oxygens (including phenoxy) is 3. The molecule has 14 heteroatoms. The minimum atomic E-state index is -4.94. The number of carbonyl (C=O) groups is 3. The third-order valence-corrected chi connectivity index (χ3v) is 7.36. The van der Waals surface area contributed by atoms with Crippen molar-refractivity contribution in [2.45, 2.75) is 24.1 Å². The van der Waals surface area contributed by atoms with Crippen molar-refractivity contribution in [3.63, 3.8) is 0 Å². The van der Waals surface area contributed by atoms with E-state index in [1.807, 2.05) is 0 Å². The number of pyridine rings is 1. The van der Waals surface area contributed by atoms with E-state index in [-0.39, 0.29) is 35.8 Å². The van der Waals surface area contributed by atoms with E-state index in [1.54, 1.807) is 12.1 Å². The van der Waals surface area contributed by atoms with Gasteiger partial charge in [0.25, 0.3) is 10.0 Å². The van der Waals surface area contributed by atoms with E-state index in [9.17, 15) is 36.0 Å². The molecule has 0 amide bonds. The summed E-state index contributed by atoms with van der Waals surface area (Å²) in [6.07, 6.45) is -0.348. The number of benzene rings is 2. The van der Waals surface area contributed by atoms with Crippen molar-refractivity contribution in [1.29, 1.82) is 0 Å². The first kappa shape index (κ1) is 33.5. The van der Waals surface area contributed by atoms with Crippen molar-refractivity contribution in [2.75, 3.05) is 17.9 Å². The zero-order chi connectivity index (χ0) is 32.4. The smallest absolute Gasteiger partial charge is 0.461 e. The maximum Gasteiger partial charge on any atom is 0.573 e. The van der Waals surface area contributed by atoms with Crippen LogP contribution in [0.15, 0.2) is 103 Å². The summed E-state index contributed by atoms with van der Waals surface area (Å²) < 4.78 is 79.1. The molecule has 0 aliphatic heterocycles. The molecule has 0 bridgehead atoms. The van der Waals surface area contributed by atoms with Crippen LogP contribution < -0.4 is 9.46 Å². The lowest BCUT2D eigenvalue weighted by Gasteiger charge is -2.28. The van der Waals surface area contributed by atoms with Gasteiger partial charge in [-0.1, -0.05) is 31.4 Å². The van der Waals surface area contributed by atoms with E-state index in [2.05, 4.69) is 27.6 Å². The first-order valence-electron chi connectivity index (χ1n) is 12.8. The zero-order valence-electron chi connectivity index (χ0n) is 23.1. The van der Waals surface area contributed by atoms with E-state index < -0.39 is 51.7 Å². The van der Waals surface area contributed by atoms with E-state index in [4.69, 9.17) is 9.47 Å². The number of Topliss-reactive ketones (excluding diaryl/α,β-unsaturated/α-hetero) is 1. The highest BCUT2D eigenvalue weighted by molar-refractivity contribution is 7.92. The van der Waals surface area contributed by atoms with Gasteiger partial charge in [0.2, 0.25) is 0 Å². The van der Waals surface area contributed by atoms with Gasteiger partial charge in [-0.2, -0.15) is 0 Å². The van der Waals surface area contributed by atoms with E-state index >= 15 is 0 Å². The zero-order valence-corrected chi connectivity index (χ0v) is 23.9. The van der Waals surface area contributed by atoms with Crippen LogP contribution in [0.3, 0.4) is 0 Å². The Morgan fingerprint density at radius 3 is 1.98 bits per heavy atom. The minimum Gasteiger partial charge on any atom is -0.461 e. The third kappa shape index (κ3) is 9.01. The van der Waals surface area contributed by atoms with Gasteiger partial charge in [-0.15, -0.1) is 13.2 Å². The second-order valence-corrected chi connectivity index (χ2v) is 10.9. The summed E-state index contributed by atoms with van der Waals surface area (Å²) in [6.45, 7) is 6.52. The van der Waals surface area contributed by atoms with Crippen molar-refractivity contribution >= 4 is 33.4 Å². The number of hydrogen-bond acceptors (Lipinski definition) is 9. The number of halogens is 3. The van der Waals surface area contributed by atoms with Crippen molar-refractivity contribution < 1.29 is 50.2 Å². The molecule has 232 valence electrons. The summed E-state index contributed by atoms with van der Waals surface area (Å²) in [5.74, 6) is -3.28. The second-order valence-electron chi connectivity index (χ2n) is 9.20. The lowest BCUT2D eigenvalue weighted by atomic mass is 9.76. The van der Waals surface area contributed by atoms with Crippen LogP contribution in [-0.4, -0.2) is 50.7 Å². The number of aromatic nitrogens is 1. The Morgan fingerprint density at radius 2 is 1.48 bits per heavy atom. The highest BCUT2D eigenvalue weighted by atomic mass is 32.2. The summed E-state index contributed by atoms with van der Waals surface area (Å²) >= 11 is 0. The molecule has 1 N–H and O–H groups in total. The molecule has 1 heterocycles. The molecule has 0 aliphatic carbocycles. The van der Waals surface area contributed by atoms with Crippen LogP contribution in [-0.2, 0) is 35.5 Å². The quantitative estimate of drug-likeness (QED) is 0.106. The molecule has 0 atom stereocenters. The number of nitrogens with zero attached hydrogens (tertiary/aromatic N) is 1. The van der Waals surface area contributed by atoms with Gasteiger partial charge in [-0.25, -0.2) is 8.42 Å². The van der Waals surface area contributed by atoms with Gasteiger partial charge in [-0.05, 0) is 60.2 Å². The average Bonchev–Trinajstić information content (AvgIpc) is 2.98. The number of anilines is 1. The summed E-state index contributed by atoms with van der Waals surface area (Å²) in [5, 5.41) is 0. The van der Waals surface area contributed by atoms with Crippen LogP contribution in [0.25, 0.3) is 0 Å². The van der Waals surface area contributed by atoms with Gasteiger partial charge in [-0.3, -0.25) is 24.1 Å². The lowest BCUT2D eigenvalue weighted by molar-refractivity contribution is -0.274. The predicted octanol–water partition coefficient (Wildman–Crippen LogP) is 5.04. The number of rotatable bonds is 15. The maximum absolute atomic E-state index is 13.5. The molecule has 3 aromatic rings. The van der Waals surface area contributed by atoms with Crippen LogP contribution in [0.2, 0.25) is 0 Å². The Balaban J connectivity index is 1.85. The second kappa shape index (κ2) is 14.5. The largest absolute Gasteiger partial charge is 0.573 e. The average molecular weight is 633 g/mol. The van der Waals surface area contributed by atoms with Crippen LogP contribution >= 0.6 is 0 Å². The fourth-order valence-corrected chi connectivity index (χ4v) is 5.02. The number of carbonyl (C=O) groups excluding carboxylic acids is 3. The Kier molecular flexibility index (Phi) is 11.0. The van der Waals surface area contributed by atoms with Crippen LogP contribution in [0.5, 0.6) is 5.75 Å². The Labute approximate surface area is 251 Å². The minimum absolute atomic E-state index is 0.0228. The van der Waals surface area contributed by atoms with Gasteiger partial charge >= 0.3 is 18.3 Å². The molecule has 2 aromatic carbocycles. The van der Waals surface area contributed by atoms with Crippen molar-refractivity contribution in [1.82, 2.24) is 4.98 Å². The SMILES string of the molecule is C=CCOC(=O)C(CC(=O)c1ccc(NS(=O)(=O)c2ccc(OC(F)(F)F)cc2)cc1)(Cc1cccnc1)C(=O)OCC=C. The topological polar surface area (TPSA) is 138 Å². The van der Waals surface area contributed by atoms with Gasteiger partial charge in [0.15, 0.2) is 11.2 Å². The molecule has 0 fully saturated rings. The van der Waals surface area contributed by atoms with Crippen molar-refractivity contribution in [2.24, 2.45) is 5.41 Å². The molecule has 0 aliphatic rings. The van der Waals surface area contributed by atoms with Crippen LogP contribution in [0.4, 0.5) is 18.9 Å². The fourth-order valence-electron chi connectivity index (χ4n) is 3.97. The molecule has 10 nitrogen and oxygen atoms in total. The number of nitrogens with one attached hydrogen (secondary N) is 1. The van der Waals surface area contributed by atoms with E-state index in [0.29, 0.717) is 5.56 Å². The van der Waals surface area contributed by atoms with E-state index in [0.717, 1.165) is 24.3 Å². The molecule has 44 heavy (non-hydrogen) atoms. The normalized spacial score (nSPS) is 11.6. The summed E-state index contributed by atoms with van der Waals surface area (Å²) in [7, 11) is -4.23. The number of esters is 2. The highest BCUT2D eigenvalue weighted by Crippen LogP contribution is 2.33. The van der Waals surface area contributed by atoms with E-state index in [1.165, 1.54) is 48.8 Å². The molecule has 0 spiro atoms. The standard InChI is InChI=1S/C30H27F3N2O8S/c1-3-16-41-27(37)29(28(38)42-17-4-2,18-21-6-5-15-34-20-21)19-26(36)22-7-9-23(10-8-22)35-44(39,40)25-13-11-24(12-14-25)43-30(31,32)33/h3-15,20,35H,1-2,16-19H2. The Bertz CT molecular complexity index is 1570. The molecule has 0 unspecified atom stereocenters. The van der Waals surface area contributed by atoms with Gasteiger partial charge in [0, 0.05) is 36.5 Å². The van der Waals surface area contributed by atoms with Crippen molar-refractivity contribution in [3.8, 4) is 5.75 Å². The van der Waals surface area contributed by atoms with Gasteiger partial charge in [0.05, 0.1) is 4.90 Å². The summed E-state index contributed by atoms with van der Waals surface area (Å²) in [5.41, 5.74) is -1.59. The number of sulfonamides is 1. The van der Waals surface area contributed by atoms with Crippen molar-refractivity contribution in [3.05, 3.63) is 109 Å². The third-order valence-electron chi connectivity index (χ3n) is 5.96. The fraction of sp³-hybridized carbons (Fsp3) is 0.200. The molecule has 0 radical (unpaired) electrons. The summed E-state index contributed by atoms with van der Waals surface area (Å²) in [6, 6.07) is 11.9. The molecule has 0 saturated carbocycles. The molecule has 0 saturated heterocycles. The molecule has 3 rings (SSSR count). The predicted molar refractivity (Wildman–Crippen MR) is 152 cm³/mol. The Morgan fingerprint density at radius 1 is 0.886 bits per heavy atom. The van der Waals surface area contributed by atoms with Gasteiger partial charge in [0.1, 0.15) is 19.0 Å². The number of hydrogen-bond donors (Lipinski definition) is 1. The number of ketones is 1. The molecular weight excluding hydrogens is 605 g/mol.